The maximum atomic E-state index is 12.2. The molecular formula is C16H23N5OS. The van der Waals surface area contributed by atoms with Gasteiger partial charge in [-0.05, 0) is 25.7 Å². The number of aromatic nitrogens is 3. The van der Waals surface area contributed by atoms with E-state index in [1.165, 1.54) is 37.4 Å². The second-order valence-electron chi connectivity index (χ2n) is 6.58. The third-order valence-electron chi connectivity index (χ3n) is 4.86. The zero-order chi connectivity index (χ0) is 16.1. The van der Waals surface area contributed by atoms with E-state index in [0.29, 0.717) is 11.1 Å². The van der Waals surface area contributed by atoms with Gasteiger partial charge in [0, 0.05) is 5.92 Å². The van der Waals surface area contributed by atoms with E-state index in [-0.39, 0.29) is 11.7 Å². The molecule has 2 aliphatic carbocycles. The molecule has 1 aromatic rings. The van der Waals surface area contributed by atoms with Crippen molar-refractivity contribution in [3.63, 3.8) is 0 Å². The zero-order valence-electron chi connectivity index (χ0n) is 13.3. The van der Waals surface area contributed by atoms with Crippen molar-refractivity contribution in [1.82, 2.24) is 20.5 Å². The first-order valence-corrected chi connectivity index (χ1v) is 9.47. The Kier molecular flexibility index (Phi) is 5.21. The molecule has 0 aromatic carbocycles. The lowest BCUT2D eigenvalue weighted by Crippen LogP contribution is -2.49. The second kappa shape index (κ2) is 7.35. The van der Waals surface area contributed by atoms with Crippen LogP contribution in [0.4, 0.5) is 0 Å². The number of amides is 1. The van der Waals surface area contributed by atoms with E-state index in [2.05, 4.69) is 26.6 Å². The van der Waals surface area contributed by atoms with Crippen molar-refractivity contribution in [2.24, 2.45) is 0 Å². The highest BCUT2D eigenvalue weighted by Crippen LogP contribution is 2.32. The highest BCUT2D eigenvalue weighted by Gasteiger charge is 2.33. The third kappa shape index (κ3) is 4.05. The van der Waals surface area contributed by atoms with Crippen molar-refractivity contribution >= 4 is 17.7 Å². The first-order chi connectivity index (χ1) is 11.2. The predicted molar refractivity (Wildman–Crippen MR) is 87.9 cm³/mol. The van der Waals surface area contributed by atoms with Gasteiger partial charge in [0.25, 0.3) is 0 Å². The molecule has 0 atom stereocenters. The maximum Gasteiger partial charge on any atom is 0.231 e. The molecule has 2 N–H and O–H groups in total. The van der Waals surface area contributed by atoms with E-state index in [1.807, 2.05) is 0 Å². The van der Waals surface area contributed by atoms with Crippen LogP contribution in [0.3, 0.4) is 0 Å². The summed E-state index contributed by atoms with van der Waals surface area (Å²) in [5.41, 5.74) is -0.663. The fourth-order valence-electron chi connectivity index (χ4n) is 3.56. The van der Waals surface area contributed by atoms with Crippen molar-refractivity contribution in [3.05, 3.63) is 5.82 Å². The van der Waals surface area contributed by atoms with Crippen molar-refractivity contribution < 1.29 is 4.79 Å². The largest absolute Gasteiger partial charge is 0.337 e. The number of rotatable bonds is 5. The molecule has 6 nitrogen and oxygen atoms in total. The molecule has 0 aliphatic heterocycles. The quantitative estimate of drug-likeness (QED) is 0.808. The Bertz CT molecular complexity index is 582. The zero-order valence-corrected chi connectivity index (χ0v) is 14.1. The summed E-state index contributed by atoms with van der Waals surface area (Å²) < 4.78 is 0. The second-order valence-corrected chi connectivity index (χ2v) is 7.52. The minimum atomic E-state index is -0.663. The summed E-state index contributed by atoms with van der Waals surface area (Å²) in [5, 5.41) is 20.2. The predicted octanol–water partition coefficient (Wildman–Crippen LogP) is 2.90. The summed E-state index contributed by atoms with van der Waals surface area (Å²) in [7, 11) is 0. The average molecular weight is 333 g/mol. The van der Waals surface area contributed by atoms with Crippen molar-refractivity contribution in [2.75, 3.05) is 5.75 Å². The van der Waals surface area contributed by atoms with Gasteiger partial charge in [-0.1, -0.05) is 43.9 Å². The number of carbonyl (C=O) groups excluding carboxylic acids is 1. The third-order valence-corrected chi connectivity index (χ3v) is 5.70. The Morgan fingerprint density at radius 1 is 1.30 bits per heavy atom. The molecule has 1 heterocycles. The van der Waals surface area contributed by atoms with Gasteiger partial charge in [-0.15, -0.1) is 5.10 Å². The fraction of sp³-hybridized carbons (Fsp3) is 0.750. The summed E-state index contributed by atoms with van der Waals surface area (Å²) in [6, 6.07) is 2.31. The number of aromatic amines is 1. The Labute approximate surface area is 140 Å². The van der Waals surface area contributed by atoms with Crippen LogP contribution in [-0.2, 0) is 4.79 Å². The van der Waals surface area contributed by atoms with Crippen LogP contribution in [-0.4, -0.2) is 32.4 Å². The summed E-state index contributed by atoms with van der Waals surface area (Å²) in [6.45, 7) is 0. The summed E-state index contributed by atoms with van der Waals surface area (Å²) in [4.78, 5) is 16.7. The van der Waals surface area contributed by atoms with Gasteiger partial charge in [-0.25, -0.2) is 4.98 Å². The van der Waals surface area contributed by atoms with Crippen LogP contribution in [0.2, 0.25) is 0 Å². The first-order valence-electron chi connectivity index (χ1n) is 8.48. The van der Waals surface area contributed by atoms with Gasteiger partial charge in [-0.2, -0.15) is 5.26 Å². The summed E-state index contributed by atoms with van der Waals surface area (Å²) >= 11 is 1.33. The first kappa shape index (κ1) is 16.3. The van der Waals surface area contributed by atoms with Crippen LogP contribution in [0.15, 0.2) is 5.16 Å². The highest BCUT2D eigenvalue weighted by atomic mass is 32.2. The van der Waals surface area contributed by atoms with Crippen LogP contribution in [0, 0.1) is 11.3 Å². The van der Waals surface area contributed by atoms with Crippen LogP contribution in [0.5, 0.6) is 0 Å². The molecule has 2 fully saturated rings. The number of carbonyl (C=O) groups is 1. The lowest BCUT2D eigenvalue weighted by atomic mass is 9.83. The molecule has 23 heavy (non-hydrogen) atoms. The number of hydrogen-bond acceptors (Lipinski definition) is 5. The highest BCUT2D eigenvalue weighted by molar-refractivity contribution is 7.99. The van der Waals surface area contributed by atoms with Crippen LogP contribution in [0.25, 0.3) is 0 Å². The van der Waals surface area contributed by atoms with E-state index in [9.17, 15) is 10.1 Å². The maximum absolute atomic E-state index is 12.2. The molecule has 0 spiro atoms. The van der Waals surface area contributed by atoms with Crippen molar-refractivity contribution in [2.45, 2.75) is 74.4 Å². The molecule has 1 aromatic heterocycles. The smallest absolute Gasteiger partial charge is 0.231 e. The Balaban J connectivity index is 1.50. The van der Waals surface area contributed by atoms with Crippen molar-refractivity contribution in [1.29, 1.82) is 5.26 Å². The van der Waals surface area contributed by atoms with Crippen molar-refractivity contribution in [3.8, 4) is 6.07 Å². The number of nitriles is 1. The molecule has 0 unspecified atom stereocenters. The molecule has 3 rings (SSSR count). The number of nitrogens with zero attached hydrogens (tertiary/aromatic N) is 3. The molecule has 2 aliphatic rings. The van der Waals surface area contributed by atoms with Crippen LogP contribution >= 0.6 is 11.8 Å². The Morgan fingerprint density at radius 3 is 2.74 bits per heavy atom. The lowest BCUT2D eigenvalue weighted by Gasteiger charge is -2.31. The van der Waals surface area contributed by atoms with Gasteiger partial charge < -0.3 is 5.32 Å². The molecule has 0 radical (unpaired) electrons. The van der Waals surface area contributed by atoms with Gasteiger partial charge in [0.15, 0.2) is 0 Å². The molecule has 0 saturated heterocycles. The SMILES string of the molecule is N#CC1(NC(=O)CSc2n[nH]c(C3CCCC3)n2)CCCCC1. The van der Waals surface area contributed by atoms with Gasteiger partial charge >= 0.3 is 0 Å². The minimum absolute atomic E-state index is 0.106. The van der Waals surface area contributed by atoms with Crippen LogP contribution in [0.1, 0.15) is 69.5 Å². The van der Waals surface area contributed by atoms with Gasteiger partial charge in [-0.3, -0.25) is 9.89 Å². The normalized spacial score (nSPS) is 21.0. The van der Waals surface area contributed by atoms with Gasteiger partial charge in [0.05, 0.1) is 11.8 Å². The van der Waals surface area contributed by atoms with E-state index >= 15 is 0 Å². The number of hydrogen-bond donors (Lipinski definition) is 2. The Morgan fingerprint density at radius 2 is 2.04 bits per heavy atom. The lowest BCUT2D eigenvalue weighted by molar-refractivity contribution is -0.120. The van der Waals surface area contributed by atoms with E-state index in [1.54, 1.807) is 0 Å². The van der Waals surface area contributed by atoms with E-state index < -0.39 is 5.54 Å². The topological polar surface area (TPSA) is 94.5 Å². The molecule has 2 saturated carbocycles. The fourth-order valence-corrected chi connectivity index (χ4v) is 4.16. The van der Waals surface area contributed by atoms with E-state index in [0.717, 1.165) is 37.9 Å². The number of nitrogens with one attached hydrogen (secondary N) is 2. The van der Waals surface area contributed by atoms with Gasteiger partial charge in [0.1, 0.15) is 11.4 Å². The number of thioether (sulfide) groups is 1. The molecule has 124 valence electrons. The average Bonchev–Trinajstić information content (AvgIpc) is 3.25. The van der Waals surface area contributed by atoms with Gasteiger partial charge in [0.2, 0.25) is 11.1 Å². The summed E-state index contributed by atoms with van der Waals surface area (Å²) in [5.74, 6) is 1.59. The molecule has 1 amide bonds. The molecule has 7 heteroatoms. The van der Waals surface area contributed by atoms with Crippen LogP contribution < -0.4 is 5.32 Å². The van der Waals surface area contributed by atoms with E-state index in [4.69, 9.17) is 0 Å². The minimum Gasteiger partial charge on any atom is -0.337 e. The monoisotopic (exact) mass is 333 g/mol. The molecular weight excluding hydrogens is 310 g/mol. The number of H-pyrrole nitrogens is 1. The molecule has 0 bridgehead atoms. The summed E-state index contributed by atoms with van der Waals surface area (Å²) in [6.07, 6.45) is 9.53. The Hall–Kier alpha value is -1.55. The standard InChI is InChI=1S/C16H23N5OS/c17-11-16(8-4-1-5-9-16)19-13(22)10-23-15-18-14(20-21-15)12-6-2-3-7-12/h12H,1-10H2,(H,19,22)(H,18,20,21).